The summed E-state index contributed by atoms with van der Waals surface area (Å²) < 4.78 is 1.78. The second kappa shape index (κ2) is 7.93. The fourth-order valence-corrected chi connectivity index (χ4v) is 3.25. The summed E-state index contributed by atoms with van der Waals surface area (Å²) in [5.74, 6) is -0.124. The number of H-pyrrole nitrogens is 1. The van der Waals surface area contributed by atoms with Crippen LogP contribution in [0.25, 0.3) is 16.9 Å². The maximum absolute atomic E-state index is 12.5. The number of amides is 1. The van der Waals surface area contributed by atoms with Crippen molar-refractivity contribution in [3.05, 3.63) is 88.3 Å². The average Bonchev–Trinajstić information content (AvgIpc) is 3.37. The second-order valence-corrected chi connectivity index (χ2v) is 7.17. The largest absolute Gasteiger partial charge is 0.348 e. The molecule has 2 N–H and O–H groups in total. The maximum Gasteiger partial charge on any atom is 0.251 e. The molecule has 4 rings (SSSR count). The van der Waals surface area contributed by atoms with E-state index in [4.69, 9.17) is 11.6 Å². The van der Waals surface area contributed by atoms with Crippen molar-refractivity contribution in [2.45, 2.75) is 20.4 Å². The lowest BCUT2D eigenvalue weighted by Crippen LogP contribution is -2.22. The minimum absolute atomic E-state index is 0.124. The van der Waals surface area contributed by atoms with E-state index in [-0.39, 0.29) is 5.91 Å². The van der Waals surface area contributed by atoms with E-state index in [1.165, 1.54) is 0 Å². The monoisotopic (exact) mass is 405 g/mol. The Kier molecular flexibility index (Phi) is 5.18. The van der Waals surface area contributed by atoms with Gasteiger partial charge in [-0.3, -0.25) is 9.89 Å². The first-order valence-corrected chi connectivity index (χ1v) is 9.60. The number of halogens is 1. The second-order valence-electron chi connectivity index (χ2n) is 6.79. The van der Waals surface area contributed by atoms with E-state index in [2.05, 4.69) is 20.6 Å². The molecule has 0 saturated heterocycles. The fraction of sp³-hybridized carbons (Fsp3) is 0.136. The van der Waals surface area contributed by atoms with Crippen molar-refractivity contribution in [2.75, 3.05) is 0 Å². The van der Waals surface area contributed by atoms with Gasteiger partial charge >= 0.3 is 0 Å². The van der Waals surface area contributed by atoms with Gasteiger partial charge in [-0.15, -0.1) is 0 Å². The van der Waals surface area contributed by atoms with Gasteiger partial charge in [0.05, 0.1) is 27.8 Å². The number of hydrogen-bond acceptors (Lipinski definition) is 3. The number of rotatable bonds is 5. The standard InChI is InChI=1S/C22H20ClN5O/c1-14-21(23)15(2)28(27-14)19-9-7-18(8-10-19)22(29)24-13-16-3-5-17(6-4-16)20-11-12-25-26-20/h3-12H,13H2,1-2H3,(H,24,29)(H,25,26). The predicted molar refractivity (Wildman–Crippen MR) is 113 cm³/mol. The van der Waals surface area contributed by atoms with Gasteiger partial charge in [0.15, 0.2) is 0 Å². The Bertz CT molecular complexity index is 1130. The Morgan fingerprint density at radius 1 is 1.07 bits per heavy atom. The molecule has 0 aliphatic carbocycles. The Labute approximate surface area is 173 Å². The van der Waals surface area contributed by atoms with Crippen LogP contribution in [0.4, 0.5) is 0 Å². The lowest BCUT2D eigenvalue weighted by molar-refractivity contribution is 0.0951. The van der Waals surface area contributed by atoms with Crippen molar-refractivity contribution in [3.63, 3.8) is 0 Å². The summed E-state index contributed by atoms with van der Waals surface area (Å²) in [4.78, 5) is 12.5. The van der Waals surface area contributed by atoms with E-state index < -0.39 is 0 Å². The molecule has 1 amide bonds. The number of carbonyl (C=O) groups is 1. The van der Waals surface area contributed by atoms with Gasteiger partial charge in [-0.2, -0.15) is 10.2 Å². The summed E-state index contributed by atoms with van der Waals surface area (Å²) >= 11 is 6.22. The van der Waals surface area contributed by atoms with Gasteiger partial charge in [-0.25, -0.2) is 4.68 Å². The van der Waals surface area contributed by atoms with Gasteiger partial charge in [0.1, 0.15) is 0 Å². The number of aromatic nitrogens is 4. The molecule has 4 aromatic rings. The van der Waals surface area contributed by atoms with Crippen molar-refractivity contribution in [1.29, 1.82) is 0 Å². The highest BCUT2D eigenvalue weighted by Gasteiger charge is 2.12. The van der Waals surface area contributed by atoms with Crippen LogP contribution in [0.2, 0.25) is 5.02 Å². The van der Waals surface area contributed by atoms with Crippen LogP contribution in [-0.4, -0.2) is 25.9 Å². The number of carbonyl (C=O) groups excluding carboxylic acids is 1. The summed E-state index contributed by atoms with van der Waals surface area (Å²) in [6.07, 6.45) is 1.72. The van der Waals surface area contributed by atoms with Crippen LogP contribution in [0.15, 0.2) is 60.8 Å². The molecule has 29 heavy (non-hydrogen) atoms. The Hall–Kier alpha value is -3.38. The van der Waals surface area contributed by atoms with Crippen LogP contribution in [0.3, 0.4) is 0 Å². The summed E-state index contributed by atoms with van der Waals surface area (Å²) in [6.45, 7) is 4.24. The average molecular weight is 406 g/mol. The lowest BCUT2D eigenvalue weighted by Gasteiger charge is -2.08. The van der Waals surface area contributed by atoms with Gasteiger partial charge in [0.2, 0.25) is 0 Å². The third kappa shape index (κ3) is 3.93. The van der Waals surface area contributed by atoms with Crippen LogP contribution >= 0.6 is 11.6 Å². The Balaban J connectivity index is 1.40. The van der Waals surface area contributed by atoms with Crippen LogP contribution < -0.4 is 5.32 Å². The number of aromatic amines is 1. The lowest BCUT2D eigenvalue weighted by atomic mass is 10.1. The van der Waals surface area contributed by atoms with E-state index >= 15 is 0 Å². The molecule has 6 nitrogen and oxygen atoms in total. The molecule has 0 aliphatic heterocycles. The molecule has 0 unspecified atom stereocenters. The van der Waals surface area contributed by atoms with Crippen molar-refractivity contribution in [3.8, 4) is 16.9 Å². The molecule has 0 atom stereocenters. The van der Waals surface area contributed by atoms with Crippen LogP contribution in [0.5, 0.6) is 0 Å². The van der Waals surface area contributed by atoms with Gasteiger partial charge < -0.3 is 5.32 Å². The highest BCUT2D eigenvalue weighted by atomic mass is 35.5. The number of benzene rings is 2. The zero-order valence-electron chi connectivity index (χ0n) is 16.1. The molecule has 0 saturated carbocycles. The molecule has 0 radical (unpaired) electrons. The van der Waals surface area contributed by atoms with E-state index in [1.807, 2.05) is 56.3 Å². The van der Waals surface area contributed by atoms with Crippen LogP contribution in [-0.2, 0) is 6.54 Å². The highest BCUT2D eigenvalue weighted by molar-refractivity contribution is 6.31. The molecular formula is C22H20ClN5O. The SMILES string of the molecule is Cc1nn(-c2ccc(C(=O)NCc3ccc(-c4ccn[nH]4)cc3)cc2)c(C)c1Cl. The van der Waals surface area contributed by atoms with Gasteiger partial charge in [-0.05, 0) is 55.3 Å². The summed E-state index contributed by atoms with van der Waals surface area (Å²) in [6, 6.07) is 17.2. The van der Waals surface area contributed by atoms with Crippen molar-refractivity contribution >= 4 is 17.5 Å². The topological polar surface area (TPSA) is 75.6 Å². The Morgan fingerprint density at radius 2 is 1.79 bits per heavy atom. The van der Waals surface area contributed by atoms with Crippen LogP contribution in [0, 0.1) is 13.8 Å². The number of aryl methyl sites for hydroxylation is 1. The van der Waals surface area contributed by atoms with Crippen molar-refractivity contribution in [2.24, 2.45) is 0 Å². The fourth-order valence-electron chi connectivity index (χ4n) is 3.13. The third-order valence-electron chi connectivity index (χ3n) is 4.80. The van der Waals surface area contributed by atoms with Crippen LogP contribution in [0.1, 0.15) is 27.3 Å². The van der Waals surface area contributed by atoms with Gasteiger partial charge in [-0.1, -0.05) is 35.9 Å². The molecular weight excluding hydrogens is 386 g/mol. The first-order valence-electron chi connectivity index (χ1n) is 9.22. The first-order chi connectivity index (χ1) is 14.0. The molecule has 7 heteroatoms. The molecule has 0 bridgehead atoms. The first kappa shape index (κ1) is 19.0. The zero-order valence-corrected chi connectivity index (χ0v) is 16.9. The Morgan fingerprint density at radius 3 is 2.38 bits per heavy atom. The molecule has 0 spiro atoms. The summed E-state index contributed by atoms with van der Waals surface area (Å²) in [5, 5.41) is 14.9. The summed E-state index contributed by atoms with van der Waals surface area (Å²) in [7, 11) is 0. The van der Waals surface area contributed by atoms with Gasteiger partial charge in [0.25, 0.3) is 5.91 Å². The number of nitrogens with zero attached hydrogens (tertiary/aromatic N) is 3. The highest BCUT2D eigenvalue weighted by Crippen LogP contribution is 2.22. The van der Waals surface area contributed by atoms with E-state index in [0.717, 1.165) is 33.9 Å². The molecule has 2 aromatic carbocycles. The molecule has 146 valence electrons. The van der Waals surface area contributed by atoms with E-state index in [1.54, 1.807) is 23.0 Å². The predicted octanol–water partition coefficient (Wildman–Crippen LogP) is 4.46. The van der Waals surface area contributed by atoms with Gasteiger partial charge in [0, 0.05) is 18.3 Å². The number of hydrogen-bond donors (Lipinski definition) is 2. The smallest absolute Gasteiger partial charge is 0.251 e. The van der Waals surface area contributed by atoms with E-state index in [9.17, 15) is 4.79 Å². The quantitative estimate of drug-likeness (QED) is 0.514. The minimum atomic E-state index is -0.124. The van der Waals surface area contributed by atoms with Crippen molar-refractivity contribution < 1.29 is 4.79 Å². The number of nitrogens with one attached hydrogen (secondary N) is 2. The molecule has 0 aliphatic rings. The molecule has 2 heterocycles. The zero-order chi connectivity index (χ0) is 20.4. The van der Waals surface area contributed by atoms with Crippen molar-refractivity contribution in [1.82, 2.24) is 25.3 Å². The molecule has 0 fully saturated rings. The third-order valence-corrected chi connectivity index (χ3v) is 5.34. The van der Waals surface area contributed by atoms with E-state index in [0.29, 0.717) is 17.1 Å². The molecule has 2 aromatic heterocycles. The summed E-state index contributed by atoms with van der Waals surface area (Å²) in [5.41, 5.74) is 6.15. The minimum Gasteiger partial charge on any atom is -0.348 e. The normalized spacial score (nSPS) is 10.9. The maximum atomic E-state index is 12.5.